The first kappa shape index (κ1) is 15.2. The van der Waals surface area contributed by atoms with Crippen molar-refractivity contribution < 1.29 is 0 Å². The molecule has 0 radical (unpaired) electrons. The van der Waals surface area contributed by atoms with Crippen molar-refractivity contribution in [3.63, 3.8) is 0 Å². The minimum Gasteiger partial charge on any atom is -0.326 e. The number of benzene rings is 1. The minimum absolute atomic E-state index is 0.134. The Hall–Kier alpha value is -0.860. The first-order chi connectivity index (χ1) is 8.56. The quantitative estimate of drug-likeness (QED) is 0.803. The standard InChI is InChI=1S/C16H28N2/c1-5-16(6-2,18(3)4)15(17)13-12-14-10-8-7-9-11-14/h7-11,15H,5-6,12-13,17H2,1-4H3. The Balaban J connectivity index is 2.65. The third-order valence-electron chi connectivity index (χ3n) is 4.39. The van der Waals surface area contributed by atoms with E-state index in [2.05, 4.69) is 63.2 Å². The van der Waals surface area contributed by atoms with Crippen molar-refractivity contribution in [2.75, 3.05) is 14.1 Å². The van der Waals surface area contributed by atoms with E-state index in [1.54, 1.807) is 0 Å². The van der Waals surface area contributed by atoms with E-state index < -0.39 is 0 Å². The zero-order chi connectivity index (χ0) is 13.6. The number of aryl methyl sites for hydroxylation is 1. The second kappa shape index (κ2) is 6.91. The molecule has 2 N–H and O–H groups in total. The van der Waals surface area contributed by atoms with Gasteiger partial charge in [0.05, 0.1) is 0 Å². The van der Waals surface area contributed by atoms with Gasteiger partial charge in [-0.2, -0.15) is 0 Å². The maximum absolute atomic E-state index is 6.48. The Morgan fingerprint density at radius 3 is 2.11 bits per heavy atom. The van der Waals surface area contributed by atoms with Crippen LogP contribution in [0.15, 0.2) is 30.3 Å². The Morgan fingerprint density at radius 1 is 1.11 bits per heavy atom. The number of nitrogens with zero attached hydrogens (tertiary/aromatic N) is 1. The summed E-state index contributed by atoms with van der Waals surface area (Å²) in [5, 5.41) is 0. The van der Waals surface area contributed by atoms with Gasteiger partial charge in [-0.05, 0) is 45.3 Å². The van der Waals surface area contributed by atoms with Gasteiger partial charge in [0.15, 0.2) is 0 Å². The average Bonchev–Trinajstić information content (AvgIpc) is 2.39. The van der Waals surface area contributed by atoms with E-state index in [-0.39, 0.29) is 11.6 Å². The molecule has 1 aromatic carbocycles. The fraction of sp³-hybridized carbons (Fsp3) is 0.625. The van der Waals surface area contributed by atoms with Crippen molar-refractivity contribution in [1.82, 2.24) is 4.90 Å². The van der Waals surface area contributed by atoms with Crippen molar-refractivity contribution in [1.29, 1.82) is 0 Å². The van der Waals surface area contributed by atoms with Gasteiger partial charge in [-0.3, -0.25) is 0 Å². The fourth-order valence-electron chi connectivity index (χ4n) is 2.97. The molecule has 1 rings (SSSR count). The third-order valence-corrected chi connectivity index (χ3v) is 4.39. The van der Waals surface area contributed by atoms with E-state index in [1.807, 2.05) is 0 Å². The van der Waals surface area contributed by atoms with Crippen LogP contribution in [0.5, 0.6) is 0 Å². The fourth-order valence-corrected chi connectivity index (χ4v) is 2.97. The monoisotopic (exact) mass is 248 g/mol. The highest BCUT2D eigenvalue weighted by atomic mass is 15.2. The molecule has 2 nitrogen and oxygen atoms in total. The zero-order valence-corrected chi connectivity index (χ0v) is 12.3. The van der Waals surface area contributed by atoms with Gasteiger partial charge in [0.2, 0.25) is 0 Å². The highest BCUT2D eigenvalue weighted by Gasteiger charge is 2.34. The van der Waals surface area contributed by atoms with Crippen molar-refractivity contribution >= 4 is 0 Å². The van der Waals surface area contributed by atoms with E-state index in [0.717, 1.165) is 25.7 Å². The Kier molecular flexibility index (Phi) is 5.83. The van der Waals surface area contributed by atoms with Crippen LogP contribution in [0, 0.1) is 0 Å². The molecule has 0 spiro atoms. The number of nitrogens with two attached hydrogens (primary N) is 1. The molecule has 0 amide bonds. The second-order valence-corrected chi connectivity index (χ2v) is 5.34. The van der Waals surface area contributed by atoms with Crippen LogP contribution in [0.2, 0.25) is 0 Å². The summed E-state index contributed by atoms with van der Waals surface area (Å²) >= 11 is 0. The maximum atomic E-state index is 6.48. The third kappa shape index (κ3) is 3.33. The van der Waals surface area contributed by atoms with Crippen LogP contribution in [0.1, 0.15) is 38.7 Å². The Bertz CT molecular complexity index is 328. The van der Waals surface area contributed by atoms with Crippen LogP contribution in [0.4, 0.5) is 0 Å². The van der Waals surface area contributed by atoms with E-state index in [9.17, 15) is 0 Å². The van der Waals surface area contributed by atoms with Gasteiger partial charge >= 0.3 is 0 Å². The first-order valence-electron chi connectivity index (χ1n) is 7.03. The van der Waals surface area contributed by atoms with Gasteiger partial charge in [0.1, 0.15) is 0 Å². The molecular formula is C16H28N2. The molecule has 0 fully saturated rings. The normalized spacial score (nSPS) is 13.9. The van der Waals surface area contributed by atoms with Crippen LogP contribution >= 0.6 is 0 Å². The van der Waals surface area contributed by atoms with Crippen LogP contribution in [0.25, 0.3) is 0 Å². The number of rotatable bonds is 7. The predicted octanol–water partition coefficient (Wildman–Crippen LogP) is 3.07. The SMILES string of the molecule is CCC(CC)(C(N)CCc1ccccc1)N(C)C. The second-order valence-electron chi connectivity index (χ2n) is 5.34. The minimum atomic E-state index is 0.134. The highest BCUT2D eigenvalue weighted by Crippen LogP contribution is 2.27. The van der Waals surface area contributed by atoms with E-state index in [4.69, 9.17) is 5.73 Å². The molecular weight excluding hydrogens is 220 g/mol. The Labute approximate surface area is 112 Å². The number of hydrogen-bond donors (Lipinski definition) is 1. The summed E-state index contributed by atoms with van der Waals surface area (Å²) in [6, 6.07) is 10.8. The molecule has 0 aliphatic heterocycles. The lowest BCUT2D eigenvalue weighted by molar-refractivity contribution is 0.102. The van der Waals surface area contributed by atoms with E-state index in [0.29, 0.717) is 0 Å². The van der Waals surface area contributed by atoms with Crippen LogP contribution in [-0.2, 0) is 6.42 Å². The predicted molar refractivity (Wildman–Crippen MR) is 79.7 cm³/mol. The summed E-state index contributed by atoms with van der Waals surface area (Å²) in [6.07, 6.45) is 4.32. The molecule has 1 atom stereocenters. The van der Waals surface area contributed by atoms with Crippen molar-refractivity contribution in [3.8, 4) is 0 Å². The van der Waals surface area contributed by atoms with Crippen molar-refractivity contribution in [3.05, 3.63) is 35.9 Å². The highest BCUT2D eigenvalue weighted by molar-refractivity contribution is 5.15. The summed E-state index contributed by atoms with van der Waals surface area (Å²) in [6.45, 7) is 4.48. The van der Waals surface area contributed by atoms with Crippen LogP contribution < -0.4 is 5.73 Å². The molecule has 0 aromatic heterocycles. The molecule has 18 heavy (non-hydrogen) atoms. The first-order valence-corrected chi connectivity index (χ1v) is 7.03. The van der Waals surface area contributed by atoms with Crippen molar-refractivity contribution in [2.24, 2.45) is 5.73 Å². The summed E-state index contributed by atoms with van der Waals surface area (Å²) in [4.78, 5) is 2.31. The zero-order valence-electron chi connectivity index (χ0n) is 12.3. The van der Waals surface area contributed by atoms with Gasteiger partial charge in [-0.25, -0.2) is 0 Å². The molecule has 0 heterocycles. The summed E-state index contributed by atoms with van der Waals surface area (Å²) in [5.41, 5.74) is 8.00. The maximum Gasteiger partial charge on any atom is 0.0349 e. The molecule has 1 unspecified atom stereocenters. The molecule has 1 aromatic rings. The molecule has 2 heteroatoms. The molecule has 0 aliphatic carbocycles. The van der Waals surface area contributed by atoms with Gasteiger partial charge in [0.25, 0.3) is 0 Å². The number of likely N-dealkylation sites (N-methyl/N-ethyl adjacent to an activating group) is 1. The van der Waals surface area contributed by atoms with Gasteiger partial charge in [-0.15, -0.1) is 0 Å². The number of hydrogen-bond acceptors (Lipinski definition) is 2. The summed E-state index contributed by atoms with van der Waals surface area (Å²) in [5.74, 6) is 0. The molecule has 0 bridgehead atoms. The Morgan fingerprint density at radius 2 is 1.67 bits per heavy atom. The largest absolute Gasteiger partial charge is 0.326 e. The average molecular weight is 248 g/mol. The van der Waals surface area contributed by atoms with E-state index in [1.165, 1.54) is 5.56 Å². The van der Waals surface area contributed by atoms with Crippen molar-refractivity contribution in [2.45, 2.75) is 51.1 Å². The molecule has 102 valence electrons. The van der Waals surface area contributed by atoms with Gasteiger partial charge in [-0.1, -0.05) is 44.2 Å². The van der Waals surface area contributed by atoms with Gasteiger partial charge < -0.3 is 10.6 Å². The lowest BCUT2D eigenvalue weighted by Crippen LogP contribution is -2.56. The molecule has 0 saturated carbocycles. The topological polar surface area (TPSA) is 29.3 Å². The van der Waals surface area contributed by atoms with Crippen LogP contribution in [-0.4, -0.2) is 30.6 Å². The lowest BCUT2D eigenvalue weighted by atomic mass is 9.81. The van der Waals surface area contributed by atoms with E-state index >= 15 is 0 Å². The molecule has 0 saturated heterocycles. The van der Waals surface area contributed by atoms with Crippen LogP contribution in [0.3, 0.4) is 0 Å². The van der Waals surface area contributed by atoms with Gasteiger partial charge in [0, 0.05) is 11.6 Å². The summed E-state index contributed by atoms with van der Waals surface area (Å²) in [7, 11) is 4.30. The smallest absolute Gasteiger partial charge is 0.0349 e. The lowest BCUT2D eigenvalue weighted by Gasteiger charge is -2.43. The molecule has 0 aliphatic rings. The summed E-state index contributed by atoms with van der Waals surface area (Å²) < 4.78 is 0.